The van der Waals surface area contributed by atoms with Gasteiger partial charge in [-0.05, 0) is 83.5 Å². The van der Waals surface area contributed by atoms with Crippen molar-refractivity contribution in [1.82, 2.24) is 0 Å². The predicted molar refractivity (Wildman–Crippen MR) is 259 cm³/mol. The van der Waals surface area contributed by atoms with Crippen LogP contribution in [0.2, 0.25) is 0 Å². The maximum Gasteiger partial charge on any atom is 0.472 e. The van der Waals surface area contributed by atoms with E-state index in [0.717, 1.165) is 38.5 Å². The van der Waals surface area contributed by atoms with Crippen LogP contribution in [0.5, 0.6) is 0 Å². The smallest absolute Gasteiger partial charge is 0.462 e. The van der Waals surface area contributed by atoms with E-state index in [1.165, 1.54) is 38.5 Å². The van der Waals surface area contributed by atoms with Crippen molar-refractivity contribution < 1.29 is 68.2 Å². The Hall–Kier alpha value is -3.53. The fourth-order valence-electron chi connectivity index (χ4n) is 6.28. The van der Waals surface area contributed by atoms with Crippen molar-refractivity contribution in [3.8, 4) is 0 Å². The van der Waals surface area contributed by atoms with Gasteiger partial charge in [-0.2, -0.15) is 0 Å². The van der Waals surface area contributed by atoms with Gasteiger partial charge in [-0.15, -0.1) is 0 Å². The lowest BCUT2D eigenvalue weighted by molar-refractivity contribution is -0.220. The standard InChI is InChI=1S/C51H81O14P/c1-3-5-7-9-11-13-14-15-16-17-18-19-20-21-22-24-26-30-34-38-44(53)62-40-43(41-63-66(60,61)65-51-49(58)47(56)46(55)48(57)50(51)59)64-45(54)39-35-31-27-29-33-37-42(52)36-32-28-25-23-12-10-8-6-4-2/h11-13,15-16,18-19,21-23,26-30,32-33,37,42-43,46-52,55-59H,3-10,14,17,20,24-25,31,34-36,38-41H2,1-2H3,(H,60,61)/b13-11-,16-15-,19-18-,22-21-,23-12-,29-27+,30-26-,32-28-,37-33-/t42?,43-,46?,47-,48+,49-,50-,51?/m1/s1. The summed E-state index contributed by atoms with van der Waals surface area (Å²) in [6, 6.07) is 0. The molecule has 0 heterocycles. The molecule has 9 atom stereocenters. The minimum Gasteiger partial charge on any atom is -0.462 e. The Kier molecular flexibility index (Phi) is 36.2. The Labute approximate surface area is 394 Å². The van der Waals surface area contributed by atoms with Gasteiger partial charge in [0.15, 0.2) is 6.10 Å². The number of hydrogen-bond acceptors (Lipinski definition) is 13. The lowest BCUT2D eigenvalue weighted by Crippen LogP contribution is -2.64. The second-order valence-corrected chi connectivity index (χ2v) is 17.5. The van der Waals surface area contributed by atoms with Crippen LogP contribution in [0.4, 0.5) is 0 Å². The average Bonchev–Trinajstić information content (AvgIpc) is 3.29. The van der Waals surface area contributed by atoms with Gasteiger partial charge in [0.1, 0.15) is 43.2 Å². The van der Waals surface area contributed by atoms with Gasteiger partial charge in [0.05, 0.1) is 12.7 Å². The third-order valence-corrected chi connectivity index (χ3v) is 11.2. The summed E-state index contributed by atoms with van der Waals surface area (Å²) in [5, 5.41) is 60.3. The number of phosphoric acid groups is 1. The summed E-state index contributed by atoms with van der Waals surface area (Å²) in [5.41, 5.74) is 0. The summed E-state index contributed by atoms with van der Waals surface area (Å²) in [5.74, 6) is -1.34. The summed E-state index contributed by atoms with van der Waals surface area (Å²) in [4.78, 5) is 35.7. The van der Waals surface area contributed by atoms with Crippen LogP contribution in [-0.4, -0.2) is 110 Å². The Morgan fingerprint density at radius 2 is 1.02 bits per heavy atom. The van der Waals surface area contributed by atoms with Crippen molar-refractivity contribution >= 4 is 19.8 Å². The van der Waals surface area contributed by atoms with E-state index in [9.17, 15) is 49.7 Å². The number of aliphatic hydroxyl groups excluding tert-OH is 6. The maximum absolute atomic E-state index is 12.8. The Morgan fingerprint density at radius 3 is 1.55 bits per heavy atom. The van der Waals surface area contributed by atoms with Crippen molar-refractivity contribution in [3.63, 3.8) is 0 Å². The number of aliphatic hydroxyl groups is 6. The molecule has 7 N–H and O–H groups in total. The molecule has 66 heavy (non-hydrogen) atoms. The van der Waals surface area contributed by atoms with Gasteiger partial charge in [0.2, 0.25) is 0 Å². The molecule has 1 aliphatic carbocycles. The molecule has 0 aliphatic heterocycles. The number of ether oxygens (including phenoxy) is 2. The third kappa shape index (κ3) is 31.4. The van der Waals surface area contributed by atoms with Crippen LogP contribution in [0, 0.1) is 0 Å². The first-order chi connectivity index (χ1) is 31.8. The molecule has 15 heteroatoms. The van der Waals surface area contributed by atoms with Gasteiger partial charge in [-0.1, -0.05) is 149 Å². The molecule has 1 saturated carbocycles. The molecule has 0 aromatic rings. The quantitative estimate of drug-likeness (QED) is 0.0102. The van der Waals surface area contributed by atoms with E-state index in [2.05, 4.69) is 68.5 Å². The zero-order valence-electron chi connectivity index (χ0n) is 39.3. The highest BCUT2D eigenvalue weighted by molar-refractivity contribution is 7.47. The van der Waals surface area contributed by atoms with E-state index in [4.69, 9.17) is 18.5 Å². The van der Waals surface area contributed by atoms with Crippen LogP contribution in [0.15, 0.2) is 109 Å². The number of esters is 2. The maximum atomic E-state index is 12.8. The van der Waals surface area contributed by atoms with Crippen LogP contribution in [0.25, 0.3) is 0 Å². The van der Waals surface area contributed by atoms with Gasteiger partial charge in [0, 0.05) is 12.8 Å². The minimum absolute atomic E-state index is 0.00751. The number of carbonyl (C=O) groups is 2. The third-order valence-electron chi connectivity index (χ3n) is 10.2. The molecule has 0 bridgehead atoms. The Bertz CT molecular complexity index is 1580. The highest BCUT2D eigenvalue weighted by Gasteiger charge is 2.51. The second-order valence-electron chi connectivity index (χ2n) is 16.1. The Morgan fingerprint density at radius 1 is 0.545 bits per heavy atom. The number of phosphoric ester groups is 1. The molecule has 374 valence electrons. The van der Waals surface area contributed by atoms with E-state index >= 15 is 0 Å². The lowest BCUT2D eigenvalue weighted by atomic mass is 9.85. The molecule has 0 amide bonds. The second kappa shape index (κ2) is 39.5. The Balaban J connectivity index is 2.60. The monoisotopic (exact) mass is 949 g/mol. The topological polar surface area (TPSA) is 230 Å². The van der Waals surface area contributed by atoms with Crippen molar-refractivity contribution in [1.29, 1.82) is 0 Å². The molecule has 1 aliphatic rings. The minimum atomic E-state index is -5.18. The van der Waals surface area contributed by atoms with Crippen LogP contribution in [0.3, 0.4) is 0 Å². The summed E-state index contributed by atoms with van der Waals surface area (Å²) in [7, 11) is -5.18. The fourth-order valence-corrected chi connectivity index (χ4v) is 7.25. The molecule has 0 radical (unpaired) electrons. The zero-order valence-corrected chi connectivity index (χ0v) is 40.2. The fraction of sp³-hybridized carbons (Fsp3) is 0.608. The van der Waals surface area contributed by atoms with Crippen molar-refractivity contribution in [2.75, 3.05) is 13.2 Å². The van der Waals surface area contributed by atoms with E-state index in [1.807, 2.05) is 36.5 Å². The molecule has 4 unspecified atom stereocenters. The average molecular weight is 949 g/mol. The first-order valence-electron chi connectivity index (χ1n) is 23.8. The van der Waals surface area contributed by atoms with Crippen LogP contribution in [0.1, 0.15) is 136 Å². The number of unbranched alkanes of at least 4 members (excludes halogenated alkanes) is 7. The van der Waals surface area contributed by atoms with E-state index < -0.39 is 81.8 Å². The molecule has 1 rings (SSSR count). The molecule has 0 saturated heterocycles. The van der Waals surface area contributed by atoms with Crippen molar-refractivity contribution in [3.05, 3.63) is 109 Å². The SMILES string of the molecule is CCCCC/C=C\C/C=C\C/C=C\C/C=C\C/C=C\CCC(=O)OC[C@H](COP(=O)(O)OC1[C@H](O)[C@H](O)C(O)[C@H](O)[C@H]1O)OC(=O)CCC/C=C/C=C\C(O)C/C=C\C/C=C\CCCCC. The summed E-state index contributed by atoms with van der Waals surface area (Å²) < 4.78 is 33.3. The molecular weight excluding hydrogens is 868 g/mol. The van der Waals surface area contributed by atoms with Crippen LogP contribution in [-0.2, 0) is 32.7 Å². The van der Waals surface area contributed by atoms with E-state index in [-0.39, 0.29) is 12.8 Å². The molecule has 0 aromatic carbocycles. The molecule has 0 spiro atoms. The first kappa shape index (κ1) is 60.5. The van der Waals surface area contributed by atoms with Gasteiger partial charge in [-0.25, -0.2) is 4.57 Å². The van der Waals surface area contributed by atoms with Gasteiger partial charge in [-0.3, -0.25) is 18.6 Å². The molecular formula is C51H81O14P. The summed E-state index contributed by atoms with van der Waals surface area (Å²) >= 11 is 0. The summed E-state index contributed by atoms with van der Waals surface area (Å²) in [6.07, 6.45) is 37.4. The number of carbonyl (C=O) groups excluding carboxylic acids is 2. The lowest BCUT2D eigenvalue weighted by Gasteiger charge is -2.41. The predicted octanol–water partition coefficient (Wildman–Crippen LogP) is 8.58. The van der Waals surface area contributed by atoms with Crippen LogP contribution < -0.4 is 0 Å². The van der Waals surface area contributed by atoms with E-state index in [1.54, 1.807) is 18.2 Å². The molecule has 14 nitrogen and oxygen atoms in total. The summed E-state index contributed by atoms with van der Waals surface area (Å²) in [6.45, 7) is 3.04. The van der Waals surface area contributed by atoms with Gasteiger partial charge in [0.25, 0.3) is 0 Å². The molecule has 0 aromatic heterocycles. The van der Waals surface area contributed by atoms with Gasteiger partial charge >= 0.3 is 19.8 Å². The number of hydrogen-bond donors (Lipinski definition) is 7. The van der Waals surface area contributed by atoms with Gasteiger partial charge < -0.3 is 45.0 Å². The highest BCUT2D eigenvalue weighted by Crippen LogP contribution is 2.47. The molecule has 1 fully saturated rings. The van der Waals surface area contributed by atoms with Crippen molar-refractivity contribution in [2.45, 2.75) is 185 Å². The first-order valence-corrected chi connectivity index (χ1v) is 25.3. The van der Waals surface area contributed by atoms with Crippen molar-refractivity contribution in [2.24, 2.45) is 0 Å². The zero-order chi connectivity index (χ0) is 48.7. The van der Waals surface area contributed by atoms with Crippen LogP contribution >= 0.6 is 7.82 Å². The highest BCUT2D eigenvalue weighted by atomic mass is 31.2. The normalized spacial score (nSPS) is 22.7. The number of rotatable bonds is 37. The number of allylic oxidation sites excluding steroid dienone is 16. The van der Waals surface area contributed by atoms with E-state index in [0.29, 0.717) is 32.1 Å². The largest absolute Gasteiger partial charge is 0.472 e.